The summed E-state index contributed by atoms with van der Waals surface area (Å²) in [5, 5.41) is 6.90. The number of hydrogen-bond acceptors (Lipinski definition) is 4. The molecule has 3 N–H and O–H groups in total. The quantitative estimate of drug-likeness (QED) is 0.871. The average Bonchev–Trinajstić information content (AvgIpc) is 2.96. The van der Waals surface area contributed by atoms with E-state index >= 15 is 0 Å². The lowest BCUT2D eigenvalue weighted by Gasteiger charge is -2.12. The van der Waals surface area contributed by atoms with E-state index in [1.807, 2.05) is 16.8 Å². The van der Waals surface area contributed by atoms with Gasteiger partial charge in [0, 0.05) is 13.1 Å². The Kier molecular flexibility index (Phi) is 5.91. The van der Waals surface area contributed by atoms with Crippen molar-refractivity contribution in [3.63, 3.8) is 0 Å². The second kappa shape index (κ2) is 6.96. The fourth-order valence-electron chi connectivity index (χ4n) is 1.77. The zero-order valence-electron chi connectivity index (χ0n) is 9.43. The summed E-state index contributed by atoms with van der Waals surface area (Å²) in [6.07, 6.45) is 1.40. The molecule has 0 aliphatic carbocycles. The Morgan fingerprint density at radius 1 is 1.59 bits per heavy atom. The lowest BCUT2D eigenvalue weighted by molar-refractivity contribution is -0.132. The van der Waals surface area contributed by atoms with Crippen molar-refractivity contribution in [2.24, 2.45) is 5.73 Å². The van der Waals surface area contributed by atoms with Crippen LogP contribution in [0.5, 0.6) is 0 Å². The largest absolute Gasteiger partial charge is 0.364 e. The van der Waals surface area contributed by atoms with Crippen molar-refractivity contribution in [3.05, 3.63) is 22.4 Å². The average molecular weight is 277 g/mol. The Hall–Kier alpha value is -0.620. The van der Waals surface area contributed by atoms with E-state index in [0.29, 0.717) is 13.1 Å². The Morgan fingerprint density at radius 2 is 2.41 bits per heavy atom. The van der Waals surface area contributed by atoms with Crippen LogP contribution < -0.4 is 11.1 Å². The molecule has 0 radical (unpaired) electrons. The first-order valence-corrected chi connectivity index (χ1v) is 6.38. The first-order valence-electron chi connectivity index (χ1n) is 5.44. The molecule has 1 aromatic heterocycles. The Bertz CT molecular complexity index is 345. The molecule has 17 heavy (non-hydrogen) atoms. The van der Waals surface area contributed by atoms with Gasteiger partial charge in [-0.25, -0.2) is 0 Å². The third-order valence-electron chi connectivity index (χ3n) is 2.71. The summed E-state index contributed by atoms with van der Waals surface area (Å²) in [4.78, 5) is 11.7. The summed E-state index contributed by atoms with van der Waals surface area (Å²) in [6.45, 7) is 1.07. The van der Waals surface area contributed by atoms with Crippen LogP contribution in [0.2, 0.25) is 0 Å². The number of carbonyl (C=O) groups is 1. The number of hydrogen-bond donors (Lipinski definition) is 2. The van der Waals surface area contributed by atoms with Crippen LogP contribution in [-0.2, 0) is 16.1 Å². The van der Waals surface area contributed by atoms with Crippen molar-refractivity contribution in [1.29, 1.82) is 0 Å². The fraction of sp³-hybridized carbons (Fsp3) is 0.545. The van der Waals surface area contributed by atoms with Gasteiger partial charge in [0.05, 0.1) is 6.10 Å². The van der Waals surface area contributed by atoms with E-state index in [1.165, 1.54) is 0 Å². The predicted octanol–water partition coefficient (Wildman–Crippen LogP) is 1.29. The van der Waals surface area contributed by atoms with E-state index in [0.717, 1.165) is 18.4 Å². The highest BCUT2D eigenvalue weighted by atomic mass is 35.5. The summed E-state index contributed by atoms with van der Waals surface area (Å²) >= 11 is 1.63. The van der Waals surface area contributed by atoms with Gasteiger partial charge in [0.2, 0.25) is 5.91 Å². The lowest BCUT2D eigenvalue weighted by Crippen LogP contribution is -2.35. The van der Waals surface area contributed by atoms with Crippen LogP contribution in [0.25, 0.3) is 0 Å². The van der Waals surface area contributed by atoms with Crippen LogP contribution in [-0.4, -0.2) is 24.7 Å². The van der Waals surface area contributed by atoms with Crippen molar-refractivity contribution in [2.75, 3.05) is 6.54 Å². The number of rotatable bonds is 4. The van der Waals surface area contributed by atoms with Gasteiger partial charge in [-0.1, -0.05) is 0 Å². The summed E-state index contributed by atoms with van der Waals surface area (Å²) in [5.74, 6) is -0.0258. The second-order valence-corrected chi connectivity index (χ2v) is 4.69. The molecule has 0 saturated carbocycles. The normalized spacial score (nSPS) is 23.1. The molecule has 6 heteroatoms. The van der Waals surface area contributed by atoms with Gasteiger partial charge >= 0.3 is 0 Å². The molecular formula is C11H17ClN2O2S. The van der Waals surface area contributed by atoms with Crippen molar-refractivity contribution in [1.82, 2.24) is 5.32 Å². The first kappa shape index (κ1) is 14.4. The molecule has 96 valence electrons. The van der Waals surface area contributed by atoms with Gasteiger partial charge in [-0.15, -0.1) is 12.4 Å². The molecular weight excluding hydrogens is 260 g/mol. The Balaban J connectivity index is 0.00000144. The van der Waals surface area contributed by atoms with E-state index in [9.17, 15) is 4.79 Å². The number of nitrogens with one attached hydrogen (secondary N) is 1. The highest BCUT2D eigenvalue weighted by molar-refractivity contribution is 7.07. The predicted molar refractivity (Wildman–Crippen MR) is 70.4 cm³/mol. The molecule has 2 rings (SSSR count). The maximum absolute atomic E-state index is 11.7. The zero-order valence-corrected chi connectivity index (χ0v) is 11.1. The highest BCUT2D eigenvalue weighted by Gasteiger charge is 2.29. The third-order valence-corrected chi connectivity index (χ3v) is 3.44. The van der Waals surface area contributed by atoms with Crippen LogP contribution in [0.15, 0.2) is 16.8 Å². The molecule has 4 nitrogen and oxygen atoms in total. The summed E-state index contributed by atoms with van der Waals surface area (Å²) < 4.78 is 5.51. The van der Waals surface area contributed by atoms with E-state index in [1.54, 1.807) is 11.3 Å². The number of carbonyl (C=O) groups excluding carboxylic acids is 1. The third kappa shape index (κ3) is 3.96. The van der Waals surface area contributed by atoms with Gasteiger partial charge in [0.1, 0.15) is 6.10 Å². The van der Waals surface area contributed by atoms with Crippen LogP contribution in [0.4, 0.5) is 0 Å². The molecule has 0 bridgehead atoms. The molecule has 0 aromatic carbocycles. The van der Waals surface area contributed by atoms with Crippen molar-refractivity contribution in [3.8, 4) is 0 Å². The van der Waals surface area contributed by atoms with Crippen molar-refractivity contribution < 1.29 is 9.53 Å². The standard InChI is InChI=1S/C11H16N2O2S.ClH/c12-5-9-1-2-10(15-9)11(14)13-6-8-3-4-16-7-8;/h3-4,7,9-10H,1-2,5-6,12H2,(H,13,14);1H/t9-,10+;/m1./s1. The molecule has 1 amide bonds. The Labute approximate surface area is 111 Å². The monoisotopic (exact) mass is 276 g/mol. The maximum atomic E-state index is 11.7. The molecule has 2 atom stereocenters. The topological polar surface area (TPSA) is 64.4 Å². The zero-order chi connectivity index (χ0) is 11.4. The van der Waals surface area contributed by atoms with Crippen LogP contribution in [0.3, 0.4) is 0 Å². The first-order chi connectivity index (χ1) is 7.79. The highest BCUT2D eigenvalue weighted by Crippen LogP contribution is 2.19. The number of ether oxygens (including phenoxy) is 1. The molecule has 1 saturated heterocycles. The van der Waals surface area contributed by atoms with Crippen LogP contribution in [0.1, 0.15) is 18.4 Å². The van der Waals surface area contributed by atoms with Gasteiger partial charge < -0.3 is 15.8 Å². The van der Waals surface area contributed by atoms with Gasteiger partial charge in [0.15, 0.2) is 0 Å². The van der Waals surface area contributed by atoms with Gasteiger partial charge in [-0.05, 0) is 35.2 Å². The van der Waals surface area contributed by atoms with Crippen molar-refractivity contribution in [2.45, 2.75) is 31.6 Å². The minimum absolute atomic E-state index is 0. The number of halogens is 1. The van der Waals surface area contributed by atoms with Gasteiger partial charge in [-0.3, -0.25) is 4.79 Å². The molecule has 0 spiro atoms. The summed E-state index contributed by atoms with van der Waals surface area (Å²) in [6, 6.07) is 2.00. The smallest absolute Gasteiger partial charge is 0.249 e. The van der Waals surface area contributed by atoms with Crippen LogP contribution in [0, 0.1) is 0 Å². The number of amides is 1. The Morgan fingerprint density at radius 3 is 3.00 bits per heavy atom. The molecule has 1 fully saturated rings. The molecule has 1 aromatic rings. The molecule has 0 unspecified atom stereocenters. The summed E-state index contributed by atoms with van der Waals surface area (Å²) in [5.41, 5.74) is 6.62. The molecule has 1 aliphatic rings. The van der Waals surface area contributed by atoms with Crippen LogP contribution >= 0.6 is 23.7 Å². The molecule has 2 heterocycles. The molecule has 1 aliphatic heterocycles. The summed E-state index contributed by atoms with van der Waals surface area (Å²) in [7, 11) is 0. The fourth-order valence-corrected chi connectivity index (χ4v) is 2.44. The number of nitrogens with two attached hydrogens (primary N) is 1. The van der Waals surface area contributed by atoms with Gasteiger partial charge in [-0.2, -0.15) is 11.3 Å². The van der Waals surface area contributed by atoms with Crippen molar-refractivity contribution >= 4 is 29.7 Å². The SMILES string of the molecule is Cl.NC[C@H]1CC[C@@H](C(=O)NCc2ccsc2)O1. The van der Waals surface area contributed by atoms with E-state index in [4.69, 9.17) is 10.5 Å². The number of thiophene rings is 1. The lowest BCUT2D eigenvalue weighted by atomic mass is 10.2. The second-order valence-electron chi connectivity index (χ2n) is 3.91. The minimum atomic E-state index is -0.313. The van der Waals surface area contributed by atoms with E-state index < -0.39 is 0 Å². The maximum Gasteiger partial charge on any atom is 0.249 e. The van der Waals surface area contributed by atoms with Gasteiger partial charge in [0.25, 0.3) is 0 Å². The van der Waals surface area contributed by atoms with E-state index in [2.05, 4.69) is 5.32 Å². The minimum Gasteiger partial charge on any atom is -0.364 e. The van der Waals surface area contributed by atoms with E-state index in [-0.39, 0.29) is 30.5 Å².